The van der Waals surface area contributed by atoms with Gasteiger partial charge in [0.15, 0.2) is 0 Å². The predicted molar refractivity (Wildman–Crippen MR) is 72.8 cm³/mol. The molecular formula is C15H13F2N3. The quantitative estimate of drug-likeness (QED) is 0.912. The van der Waals surface area contributed by atoms with Crippen molar-refractivity contribution in [1.29, 1.82) is 5.26 Å². The molecule has 0 amide bonds. The predicted octanol–water partition coefficient (Wildman–Crippen LogP) is 3.35. The number of benzene rings is 1. The van der Waals surface area contributed by atoms with Crippen LogP contribution in [0.2, 0.25) is 0 Å². The van der Waals surface area contributed by atoms with E-state index >= 15 is 0 Å². The normalized spacial score (nSPS) is 10.3. The summed E-state index contributed by atoms with van der Waals surface area (Å²) in [6, 6.07) is 5.06. The van der Waals surface area contributed by atoms with E-state index in [0.29, 0.717) is 23.2 Å². The number of nitrogens with zero attached hydrogens (tertiary/aromatic N) is 2. The second-order valence-electron chi connectivity index (χ2n) is 4.41. The van der Waals surface area contributed by atoms with E-state index in [2.05, 4.69) is 4.98 Å². The maximum atomic E-state index is 14.0. The van der Waals surface area contributed by atoms with Crippen molar-refractivity contribution >= 4 is 5.82 Å². The first-order chi connectivity index (χ1) is 9.49. The first kappa shape index (κ1) is 13.9. The SMILES string of the molecule is CCc1nc(N)c(C#N)c(-c2cc(F)ccc2F)c1C. The second-order valence-corrected chi connectivity index (χ2v) is 4.41. The minimum absolute atomic E-state index is 0.0304. The van der Waals surface area contributed by atoms with Crippen LogP contribution < -0.4 is 5.73 Å². The Morgan fingerprint density at radius 1 is 1.35 bits per heavy atom. The van der Waals surface area contributed by atoms with Crippen molar-refractivity contribution in [2.75, 3.05) is 5.73 Å². The highest BCUT2D eigenvalue weighted by molar-refractivity contribution is 5.79. The minimum atomic E-state index is -0.598. The molecule has 5 heteroatoms. The van der Waals surface area contributed by atoms with Gasteiger partial charge in [0.25, 0.3) is 0 Å². The number of halogens is 2. The summed E-state index contributed by atoms with van der Waals surface area (Å²) in [7, 11) is 0. The maximum Gasteiger partial charge on any atom is 0.142 e. The van der Waals surface area contributed by atoms with Crippen molar-refractivity contribution in [3.63, 3.8) is 0 Å². The van der Waals surface area contributed by atoms with E-state index in [4.69, 9.17) is 5.73 Å². The lowest BCUT2D eigenvalue weighted by Crippen LogP contribution is -2.05. The van der Waals surface area contributed by atoms with E-state index < -0.39 is 11.6 Å². The maximum absolute atomic E-state index is 14.0. The van der Waals surface area contributed by atoms with Crippen LogP contribution in [0.15, 0.2) is 18.2 Å². The average molecular weight is 273 g/mol. The zero-order chi connectivity index (χ0) is 14.9. The molecule has 0 saturated heterocycles. The van der Waals surface area contributed by atoms with Crippen LogP contribution in [-0.4, -0.2) is 4.98 Å². The molecule has 2 N–H and O–H groups in total. The van der Waals surface area contributed by atoms with Crippen molar-refractivity contribution < 1.29 is 8.78 Å². The molecule has 0 atom stereocenters. The highest BCUT2D eigenvalue weighted by Gasteiger charge is 2.19. The Morgan fingerprint density at radius 3 is 2.65 bits per heavy atom. The van der Waals surface area contributed by atoms with Gasteiger partial charge < -0.3 is 5.73 Å². The zero-order valence-corrected chi connectivity index (χ0v) is 11.2. The van der Waals surface area contributed by atoms with Crippen LogP contribution in [0.5, 0.6) is 0 Å². The number of nitriles is 1. The molecule has 0 radical (unpaired) electrons. The number of pyridine rings is 1. The van der Waals surface area contributed by atoms with Crippen LogP contribution in [0, 0.1) is 29.9 Å². The van der Waals surface area contributed by atoms with Gasteiger partial charge in [-0.3, -0.25) is 0 Å². The summed E-state index contributed by atoms with van der Waals surface area (Å²) in [6.45, 7) is 3.61. The third-order valence-electron chi connectivity index (χ3n) is 3.21. The minimum Gasteiger partial charge on any atom is -0.383 e. The molecule has 1 heterocycles. The molecule has 1 aromatic carbocycles. The van der Waals surface area contributed by atoms with Crippen LogP contribution in [0.25, 0.3) is 11.1 Å². The highest BCUT2D eigenvalue weighted by Crippen LogP contribution is 2.33. The molecule has 0 aliphatic heterocycles. The number of aryl methyl sites for hydroxylation is 1. The summed E-state index contributed by atoms with van der Waals surface area (Å²) in [4.78, 5) is 4.14. The van der Waals surface area contributed by atoms with Crippen molar-refractivity contribution in [3.05, 3.63) is 46.7 Å². The van der Waals surface area contributed by atoms with E-state index in [1.165, 1.54) is 0 Å². The fraction of sp³-hybridized carbons (Fsp3) is 0.200. The van der Waals surface area contributed by atoms with Crippen molar-refractivity contribution in [1.82, 2.24) is 4.98 Å². The van der Waals surface area contributed by atoms with Gasteiger partial charge in [0, 0.05) is 16.8 Å². The second kappa shape index (κ2) is 5.25. The summed E-state index contributed by atoms with van der Waals surface area (Å²) >= 11 is 0. The van der Waals surface area contributed by atoms with Gasteiger partial charge in [0.05, 0.1) is 0 Å². The largest absolute Gasteiger partial charge is 0.383 e. The summed E-state index contributed by atoms with van der Waals surface area (Å²) < 4.78 is 27.4. The average Bonchev–Trinajstić information content (AvgIpc) is 2.43. The Bertz CT molecular complexity index is 717. The Kier molecular flexibility index (Phi) is 3.66. The summed E-state index contributed by atoms with van der Waals surface area (Å²) in [5.41, 5.74) is 7.48. The fourth-order valence-electron chi connectivity index (χ4n) is 2.23. The van der Waals surface area contributed by atoms with Crippen molar-refractivity contribution in [2.45, 2.75) is 20.3 Å². The summed E-state index contributed by atoms with van der Waals surface area (Å²) in [5.74, 6) is -1.13. The third kappa shape index (κ3) is 2.21. The van der Waals surface area contributed by atoms with Gasteiger partial charge in [-0.15, -0.1) is 0 Å². The van der Waals surface area contributed by atoms with Crippen molar-refractivity contribution in [2.24, 2.45) is 0 Å². The molecule has 3 nitrogen and oxygen atoms in total. The molecule has 0 saturated carbocycles. The standard InChI is InChI=1S/C15H13F2N3/c1-3-13-8(2)14(11(7-18)15(19)20-13)10-6-9(16)4-5-12(10)17/h4-6H,3H2,1-2H3,(H2,19,20). The topological polar surface area (TPSA) is 62.7 Å². The van der Waals surface area contributed by atoms with Crippen LogP contribution in [0.4, 0.5) is 14.6 Å². The van der Waals surface area contributed by atoms with Crippen LogP contribution in [0.3, 0.4) is 0 Å². The Balaban J connectivity index is 2.88. The smallest absolute Gasteiger partial charge is 0.142 e. The Labute approximate surface area is 115 Å². The molecule has 0 spiro atoms. The lowest BCUT2D eigenvalue weighted by atomic mass is 9.94. The number of nitrogen functional groups attached to an aromatic ring is 1. The van der Waals surface area contributed by atoms with Crippen molar-refractivity contribution in [3.8, 4) is 17.2 Å². The zero-order valence-electron chi connectivity index (χ0n) is 11.2. The molecule has 102 valence electrons. The Hall–Kier alpha value is -2.48. The molecule has 2 rings (SSSR count). The summed E-state index contributed by atoms with van der Waals surface area (Å²) in [6.07, 6.45) is 0.589. The van der Waals surface area contributed by atoms with Gasteiger partial charge in [-0.05, 0) is 37.1 Å². The van der Waals surface area contributed by atoms with Gasteiger partial charge in [-0.1, -0.05) is 6.92 Å². The van der Waals surface area contributed by atoms with Crippen LogP contribution in [0.1, 0.15) is 23.7 Å². The molecule has 0 bridgehead atoms. The van der Waals surface area contributed by atoms with Gasteiger partial charge in [-0.25, -0.2) is 13.8 Å². The molecule has 0 unspecified atom stereocenters. The van der Waals surface area contributed by atoms with E-state index in [0.717, 1.165) is 18.2 Å². The van der Waals surface area contributed by atoms with E-state index in [-0.39, 0.29) is 16.9 Å². The van der Waals surface area contributed by atoms with Gasteiger partial charge >= 0.3 is 0 Å². The molecule has 1 aromatic heterocycles. The number of nitrogens with two attached hydrogens (primary N) is 1. The molecule has 0 fully saturated rings. The van der Waals surface area contributed by atoms with Gasteiger partial charge in [-0.2, -0.15) is 5.26 Å². The lowest BCUT2D eigenvalue weighted by Gasteiger charge is -2.14. The summed E-state index contributed by atoms with van der Waals surface area (Å²) in [5, 5.41) is 9.22. The number of rotatable bonds is 2. The van der Waals surface area contributed by atoms with Gasteiger partial charge in [0.1, 0.15) is 29.1 Å². The van der Waals surface area contributed by atoms with E-state index in [9.17, 15) is 14.0 Å². The number of hydrogen-bond acceptors (Lipinski definition) is 3. The van der Waals surface area contributed by atoms with E-state index in [1.807, 2.05) is 13.0 Å². The first-order valence-corrected chi connectivity index (χ1v) is 6.14. The highest BCUT2D eigenvalue weighted by atomic mass is 19.1. The molecule has 2 aromatic rings. The number of hydrogen-bond donors (Lipinski definition) is 1. The first-order valence-electron chi connectivity index (χ1n) is 6.14. The molecule has 0 aliphatic carbocycles. The van der Waals surface area contributed by atoms with Crippen LogP contribution >= 0.6 is 0 Å². The Morgan fingerprint density at radius 2 is 2.05 bits per heavy atom. The van der Waals surface area contributed by atoms with Crippen LogP contribution in [-0.2, 0) is 6.42 Å². The third-order valence-corrected chi connectivity index (χ3v) is 3.21. The lowest BCUT2D eigenvalue weighted by molar-refractivity contribution is 0.603. The molecular weight excluding hydrogens is 260 g/mol. The number of anilines is 1. The number of aromatic nitrogens is 1. The molecule has 0 aliphatic rings. The van der Waals surface area contributed by atoms with E-state index in [1.54, 1.807) is 6.92 Å². The monoisotopic (exact) mass is 273 g/mol. The molecule has 20 heavy (non-hydrogen) atoms. The van der Waals surface area contributed by atoms with Gasteiger partial charge in [0.2, 0.25) is 0 Å². The fourth-order valence-corrected chi connectivity index (χ4v) is 2.23.